The van der Waals surface area contributed by atoms with Gasteiger partial charge in [-0.3, -0.25) is 9.78 Å². The van der Waals surface area contributed by atoms with Crippen LogP contribution in [0.3, 0.4) is 0 Å². The second-order valence-corrected chi connectivity index (χ2v) is 12.0. The average molecular weight is 568 g/mol. The van der Waals surface area contributed by atoms with Crippen LogP contribution >= 0.6 is 0 Å². The Hall–Kier alpha value is -4.10. The zero-order chi connectivity index (χ0) is 29.0. The number of piperazine rings is 1. The van der Waals surface area contributed by atoms with Gasteiger partial charge in [0.25, 0.3) is 0 Å². The number of nitrogens with zero attached hydrogens (tertiary/aromatic N) is 7. The van der Waals surface area contributed by atoms with Crippen LogP contribution < -0.4 is 9.64 Å². The standard InChI is InChI=1S/C32H34FN7O2/c1-3-26(41)40-13-12-39(17-21(40)9-10-34)31-25-16-35-29(23-8-4-6-19-14-20-15-24(20)27(19)23)28(33)30(25)36-32(37-31)42-18-22-7-5-11-38(22)2/h3-4,6,8,16,20-22,24H,1,5,7,9,11-15,17-18H2,2H3/t20-,21?,22?,24+/m1/s1. The lowest BCUT2D eigenvalue weighted by Gasteiger charge is -2.41. The molecule has 2 aromatic heterocycles. The Morgan fingerprint density at radius 3 is 2.93 bits per heavy atom. The molecule has 42 heavy (non-hydrogen) atoms. The molecule has 1 amide bonds. The van der Waals surface area contributed by atoms with E-state index in [-0.39, 0.29) is 35.9 Å². The molecule has 9 nitrogen and oxygen atoms in total. The second-order valence-electron chi connectivity index (χ2n) is 12.0. The first-order chi connectivity index (χ1) is 20.5. The fraction of sp³-hybridized carbons (Fsp3) is 0.469. The van der Waals surface area contributed by atoms with Gasteiger partial charge in [0, 0.05) is 37.4 Å². The van der Waals surface area contributed by atoms with Gasteiger partial charge in [-0.15, -0.1) is 0 Å². The number of pyridine rings is 1. The van der Waals surface area contributed by atoms with Crippen molar-refractivity contribution in [3.8, 4) is 23.3 Å². The molecule has 2 aliphatic carbocycles. The molecule has 1 aromatic carbocycles. The van der Waals surface area contributed by atoms with E-state index in [0.29, 0.717) is 55.0 Å². The minimum atomic E-state index is -0.481. The number of benzene rings is 1. The van der Waals surface area contributed by atoms with Gasteiger partial charge in [0.1, 0.15) is 23.6 Å². The fourth-order valence-electron chi connectivity index (χ4n) is 7.16. The summed E-state index contributed by atoms with van der Waals surface area (Å²) in [5.74, 6) is 0.966. The number of halogens is 1. The number of amides is 1. The molecule has 2 unspecified atom stereocenters. The number of fused-ring (bicyclic) bond motifs is 4. The topological polar surface area (TPSA) is 98.5 Å². The molecule has 4 atom stereocenters. The molecule has 3 fully saturated rings. The normalized spacial score (nSPS) is 24.8. The molecular formula is C32H34FN7O2. The molecule has 2 aliphatic heterocycles. The van der Waals surface area contributed by atoms with E-state index in [2.05, 4.69) is 40.6 Å². The number of nitriles is 1. The maximum Gasteiger partial charge on any atom is 0.319 e. The highest BCUT2D eigenvalue weighted by molar-refractivity contribution is 5.93. The Labute approximate surface area is 244 Å². The molecule has 3 aromatic rings. The first-order valence-corrected chi connectivity index (χ1v) is 14.8. The predicted molar refractivity (Wildman–Crippen MR) is 157 cm³/mol. The third-order valence-electron chi connectivity index (χ3n) is 9.51. The summed E-state index contributed by atoms with van der Waals surface area (Å²) < 4.78 is 22.7. The molecule has 216 valence electrons. The van der Waals surface area contributed by atoms with Gasteiger partial charge in [-0.25, -0.2) is 4.39 Å². The summed E-state index contributed by atoms with van der Waals surface area (Å²) in [6.45, 7) is 6.24. The first kappa shape index (κ1) is 26.8. The third kappa shape index (κ3) is 4.56. The minimum Gasteiger partial charge on any atom is -0.462 e. The Morgan fingerprint density at radius 2 is 2.14 bits per heavy atom. The van der Waals surface area contributed by atoms with Gasteiger partial charge < -0.3 is 19.4 Å². The number of aromatic nitrogens is 3. The van der Waals surface area contributed by atoms with Crippen molar-refractivity contribution in [3.05, 3.63) is 54.0 Å². The predicted octanol–water partition coefficient (Wildman–Crippen LogP) is 4.08. The maximum absolute atomic E-state index is 16.6. The molecule has 10 heteroatoms. The summed E-state index contributed by atoms with van der Waals surface area (Å²) in [5.41, 5.74) is 3.84. The van der Waals surface area contributed by atoms with E-state index >= 15 is 4.39 Å². The Kier molecular flexibility index (Phi) is 6.77. The quantitative estimate of drug-likeness (QED) is 0.394. The zero-order valence-electron chi connectivity index (χ0n) is 23.8. The van der Waals surface area contributed by atoms with Crippen molar-refractivity contribution in [1.82, 2.24) is 24.8 Å². The van der Waals surface area contributed by atoms with Gasteiger partial charge in [0.15, 0.2) is 5.82 Å². The number of likely N-dealkylation sites (tertiary alicyclic amines) is 1. The summed E-state index contributed by atoms with van der Waals surface area (Å²) in [6.07, 6.45) is 7.43. The zero-order valence-corrected chi connectivity index (χ0v) is 23.8. The second kappa shape index (κ2) is 10.6. The van der Waals surface area contributed by atoms with E-state index in [1.807, 2.05) is 17.0 Å². The number of rotatable bonds is 7. The van der Waals surface area contributed by atoms with Gasteiger partial charge in [-0.1, -0.05) is 24.8 Å². The van der Waals surface area contributed by atoms with Crippen LogP contribution in [-0.4, -0.2) is 82.6 Å². The average Bonchev–Trinajstić information content (AvgIpc) is 3.48. The summed E-state index contributed by atoms with van der Waals surface area (Å²) in [4.78, 5) is 32.5. The SMILES string of the molecule is C=CC(=O)N1CCN(c2nc(OCC3CCCN3C)nc3c(F)c(-c4cccc5c4[C@H]4C[C@H]4C5)ncc23)CC1CC#N. The third-order valence-corrected chi connectivity index (χ3v) is 9.51. The van der Waals surface area contributed by atoms with E-state index in [0.717, 1.165) is 37.8 Å². The molecule has 1 saturated carbocycles. The van der Waals surface area contributed by atoms with Crippen molar-refractivity contribution >= 4 is 22.6 Å². The van der Waals surface area contributed by atoms with Gasteiger partial charge in [0.05, 0.1) is 23.9 Å². The summed E-state index contributed by atoms with van der Waals surface area (Å²) in [7, 11) is 2.08. The summed E-state index contributed by atoms with van der Waals surface area (Å²) in [5, 5.41) is 9.96. The maximum atomic E-state index is 16.6. The van der Waals surface area contributed by atoms with Crippen molar-refractivity contribution in [2.45, 2.75) is 50.1 Å². The number of carbonyl (C=O) groups is 1. The molecule has 0 bridgehead atoms. The summed E-state index contributed by atoms with van der Waals surface area (Å²) in [6, 6.07) is 8.31. The molecule has 0 radical (unpaired) electrons. The minimum absolute atomic E-state index is 0.121. The van der Waals surface area contributed by atoms with Crippen molar-refractivity contribution in [2.24, 2.45) is 5.92 Å². The van der Waals surface area contributed by atoms with Gasteiger partial charge in [-0.05, 0) is 68.3 Å². The highest BCUT2D eigenvalue weighted by Gasteiger charge is 2.46. The van der Waals surface area contributed by atoms with Gasteiger partial charge >= 0.3 is 6.01 Å². The molecular weight excluding hydrogens is 533 g/mol. The number of hydrogen-bond acceptors (Lipinski definition) is 8. The van der Waals surface area contributed by atoms with Gasteiger partial charge in [0.2, 0.25) is 5.91 Å². The van der Waals surface area contributed by atoms with Crippen molar-refractivity contribution in [2.75, 3.05) is 44.7 Å². The van der Waals surface area contributed by atoms with E-state index in [9.17, 15) is 10.1 Å². The molecule has 2 saturated heterocycles. The fourth-order valence-corrected chi connectivity index (χ4v) is 7.16. The highest BCUT2D eigenvalue weighted by atomic mass is 19.1. The number of carbonyl (C=O) groups excluding carboxylic acids is 1. The molecule has 7 rings (SSSR count). The number of likely N-dealkylation sites (N-methyl/N-ethyl adjacent to an activating group) is 1. The lowest BCUT2D eigenvalue weighted by molar-refractivity contribution is -0.128. The van der Waals surface area contributed by atoms with Crippen LogP contribution in [-0.2, 0) is 11.2 Å². The summed E-state index contributed by atoms with van der Waals surface area (Å²) >= 11 is 0. The number of ether oxygens (including phenoxy) is 1. The van der Waals surface area contributed by atoms with Crippen LogP contribution in [0.2, 0.25) is 0 Å². The lowest BCUT2D eigenvalue weighted by Crippen LogP contribution is -2.55. The van der Waals surface area contributed by atoms with Crippen LogP contribution in [0.15, 0.2) is 37.1 Å². The Bertz CT molecular complexity index is 1620. The van der Waals surface area contributed by atoms with Crippen LogP contribution in [0.4, 0.5) is 10.2 Å². The smallest absolute Gasteiger partial charge is 0.319 e. The Balaban J connectivity index is 1.30. The molecule has 4 aliphatic rings. The largest absolute Gasteiger partial charge is 0.462 e. The lowest BCUT2D eigenvalue weighted by atomic mass is 9.96. The molecule has 0 spiro atoms. The van der Waals surface area contributed by atoms with Crippen LogP contribution in [0.25, 0.3) is 22.2 Å². The van der Waals surface area contributed by atoms with Gasteiger partial charge in [-0.2, -0.15) is 15.2 Å². The number of hydrogen-bond donors (Lipinski definition) is 0. The highest BCUT2D eigenvalue weighted by Crippen LogP contribution is 2.58. The Morgan fingerprint density at radius 1 is 1.26 bits per heavy atom. The van der Waals surface area contributed by atoms with E-state index < -0.39 is 5.82 Å². The van der Waals surface area contributed by atoms with Crippen molar-refractivity contribution < 1.29 is 13.9 Å². The van der Waals surface area contributed by atoms with Crippen molar-refractivity contribution in [3.63, 3.8) is 0 Å². The number of anilines is 1. The van der Waals surface area contributed by atoms with Crippen LogP contribution in [0.1, 0.15) is 42.7 Å². The molecule has 0 N–H and O–H groups in total. The van der Waals surface area contributed by atoms with Crippen LogP contribution in [0.5, 0.6) is 6.01 Å². The van der Waals surface area contributed by atoms with E-state index in [1.165, 1.54) is 17.2 Å². The van der Waals surface area contributed by atoms with Crippen molar-refractivity contribution in [1.29, 1.82) is 5.26 Å². The van der Waals surface area contributed by atoms with E-state index in [4.69, 9.17) is 9.72 Å². The van der Waals surface area contributed by atoms with Crippen LogP contribution in [0, 0.1) is 23.1 Å². The first-order valence-electron chi connectivity index (χ1n) is 14.8. The van der Waals surface area contributed by atoms with E-state index in [1.54, 1.807) is 11.1 Å². The molecule has 4 heterocycles. The monoisotopic (exact) mass is 567 g/mol.